The van der Waals surface area contributed by atoms with E-state index in [1.807, 2.05) is 0 Å². The molecule has 1 saturated heterocycles. The summed E-state index contributed by atoms with van der Waals surface area (Å²) in [5.74, 6) is 2.58. The summed E-state index contributed by atoms with van der Waals surface area (Å²) in [6.45, 7) is 7.06. The number of fused-ring (bicyclic) bond motifs is 1. The molecular formula is C15H22N6O2. The molecule has 8 nitrogen and oxygen atoms in total. The standard InChI is InChI=1S/C15H22N6O2/c1-15(2)13(22)21(14(23)16-15)8-6-19-5-7-20-11(9-19)17-18-12(20)10-3-4-10/h10H,3-9H2,1-2H3,(H,16,23). The largest absolute Gasteiger partial charge is 0.325 e. The van der Waals surface area contributed by atoms with Gasteiger partial charge in [0.2, 0.25) is 0 Å². The van der Waals surface area contributed by atoms with Gasteiger partial charge >= 0.3 is 6.03 Å². The number of rotatable bonds is 4. The van der Waals surface area contributed by atoms with Gasteiger partial charge in [-0.3, -0.25) is 14.6 Å². The molecule has 2 aliphatic heterocycles. The Morgan fingerprint density at radius 1 is 1.17 bits per heavy atom. The van der Waals surface area contributed by atoms with E-state index < -0.39 is 5.54 Å². The Morgan fingerprint density at radius 2 is 1.96 bits per heavy atom. The summed E-state index contributed by atoms with van der Waals surface area (Å²) in [5.41, 5.74) is -0.793. The molecule has 23 heavy (non-hydrogen) atoms. The first-order valence-corrected chi connectivity index (χ1v) is 8.24. The Morgan fingerprint density at radius 3 is 2.61 bits per heavy atom. The maximum absolute atomic E-state index is 12.2. The number of nitrogens with one attached hydrogen (secondary N) is 1. The zero-order chi connectivity index (χ0) is 16.2. The summed E-state index contributed by atoms with van der Waals surface area (Å²) >= 11 is 0. The highest BCUT2D eigenvalue weighted by Gasteiger charge is 2.44. The van der Waals surface area contributed by atoms with Crippen LogP contribution in [0.2, 0.25) is 0 Å². The average Bonchev–Trinajstić information content (AvgIpc) is 3.22. The third kappa shape index (κ3) is 2.50. The lowest BCUT2D eigenvalue weighted by Gasteiger charge is -2.28. The molecule has 0 aromatic carbocycles. The molecule has 1 aromatic heterocycles. The summed E-state index contributed by atoms with van der Waals surface area (Å²) in [7, 11) is 0. The number of imide groups is 1. The van der Waals surface area contributed by atoms with E-state index in [1.54, 1.807) is 13.8 Å². The summed E-state index contributed by atoms with van der Waals surface area (Å²) in [4.78, 5) is 27.6. The number of nitrogens with zero attached hydrogens (tertiary/aromatic N) is 5. The van der Waals surface area contributed by atoms with Crippen LogP contribution in [-0.4, -0.2) is 61.7 Å². The fraction of sp³-hybridized carbons (Fsp3) is 0.733. The Bertz CT molecular complexity index is 663. The number of carbonyl (C=O) groups is 2. The zero-order valence-electron chi connectivity index (χ0n) is 13.6. The molecule has 0 atom stereocenters. The Balaban J connectivity index is 1.37. The number of amides is 3. The lowest BCUT2D eigenvalue weighted by molar-refractivity contribution is -0.130. The van der Waals surface area contributed by atoms with Crippen LogP contribution < -0.4 is 5.32 Å². The fourth-order valence-electron chi connectivity index (χ4n) is 3.33. The van der Waals surface area contributed by atoms with Crippen LogP contribution in [0.5, 0.6) is 0 Å². The van der Waals surface area contributed by atoms with Crippen molar-refractivity contribution in [2.24, 2.45) is 0 Å². The second-order valence-corrected chi connectivity index (χ2v) is 7.19. The summed E-state index contributed by atoms with van der Waals surface area (Å²) in [6.07, 6.45) is 2.45. The van der Waals surface area contributed by atoms with Crippen molar-refractivity contribution in [3.8, 4) is 0 Å². The van der Waals surface area contributed by atoms with Gasteiger partial charge in [0, 0.05) is 32.1 Å². The minimum atomic E-state index is -0.793. The van der Waals surface area contributed by atoms with Gasteiger partial charge in [-0.25, -0.2) is 4.79 Å². The normalized spacial score (nSPS) is 24.0. The molecule has 8 heteroatoms. The molecule has 124 valence electrons. The van der Waals surface area contributed by atoms with Crippen molar-refractivity contribution in [3.05, 3.63) is 11.6 Å². The van der Waals surface area contributed by atoms with Crippen molar-refractivity contribution in [1.82, 2.24) is 29.9 Å². The van der Waals surface area contributed by atoms with Crippen molar-refractivity contribution in [1.29, 1.82) is 0 Å². The Kier molecular flexibility index (Phi) is 3.19. The smallest absolute Gasteiger partial charge is 0.324 e. The van der Waals surface area contributed by atoms with Crippen molar-refractivity contribution < 1.29 is 9.59 Å². The highest BCUT2D eigenvalue weighted by atomic mass is 16.2. The SMILES string of the molecule is CC1(C)NC(=O)N(CCN2CCn3c(nnc3C3CC3)C2)C1=O. The quantitative estimate of drug-likeness (QED) is 0.808. The molecule has 0 unspecified atom stereocenters. The molecule has 0 bridgehead atoms. The van der Waals surface area contributed by atoms with Crippen LogP contribution in [0.3, 0.4) is 0 Å². The maximum atomic E-state index is 12.2. The summed E-state index contributed by atoms with van der Waals surface area (Å²) in [5, 5.41) is 11.4. The lowest BCUT2D eigenvalue weighted by Crippen LogP contribution is -2.43. The average molecular weight is 318 g/mol. The van der Waals surface area contributed by atoms with Gasteiger partial charge < -0.3 is 9.88 Å². The molecule has 1 aromatic rings. The first-order valence-electron chi connectivity index (χ1n) is 8.24. The Labute approximate surface area is 134 Å². The molecule has 0 radical (unpaired) electrons. The summed E-state index contributed by atoms with van der Waals surface area (Å²) < 4.78 is 2.24. The molecule has 0 spiro atoms. The lowest BCUT2D eigenvalue weighted by atomic mass is 10.1. The van der Waals surface area contributed by atoms with Crippen molar-refractivity contribution >= 4 is 11.9 Å². The molecule has 3 heterocycles. The third-order valence-electron chi connectivity index (χ3n) is 4.89. The van der Waals surface area contributed by atoms with E-state index in [0.717, 1.165) is 31.3 Å². The number of carbonyl (C=O) groups excluding carboxylic acids is 2. The fourth-order valence-corrected chi connectivity index (χ4v) is 3.33. The van der Waals surface area contributed by atoms with Crippen molar-refractivity contribution in [3.63, 3.8) is 0 Å². The van der Waals surface area contributed by atoms with E-state index in [0.29, 0.717) is 19.0 Å². The van der Waals surface area contributed by atoms with Gasteiger partial charge in [0.1, 0.15) is 17.2 Å². The monoisotopic (exact) mass is 318 g/mol. The number of hydrogen-bond donors (Lipinski definition) is 1. The van der Waals surface area contributed by atoms with Crippen LogP contribution in [0.15, 0.2) is 0 Å². The maximum Gasteiger partial charge on any atom is 0.325 e. The van der Waals surface area contributed by atoms with Crippen LogP contribution in [-0.2, 0) is 17.9 Å². The second-order valence-electron chi connectivity index (χ2n) is 7.19. The molecule has 3 aliphatic rings. The van der Waals surface area contributed by atoms with E-state index >= 15 is 0 Å². The predicted molar refractivity (Wildman–Crippen MR) is 81.6 cm³/mol. The van der Waals surface area contributed by atoms with E-state index in [-0.39, 0.29) is 11.9 Å². The number of hydrogen-bond acceptors (Lipinski definition) is 5. The number of urea groups is 1. The van der Waals surface area contributed by atoms with Crippen molar-refractivity contribution in [2.45, 2.75) is 51.2 Å². The number of aromatic nitrogens is 3. The highest BCUT2D eigenvalue weighted by molar-refractivity contribution is 6.06. The van der Waals surface area contributed by atoms with E-state index in [9.17, 15) is 9.59 Å². The molecular weight excluding hydrogens is 296 g/mol. The minimum absolute atomic E-state index is 0.154. The molecule has 4 rings (SSSR count). The third-order valence-corrected chi connectivity index (χ3v) is 4.89. The van der Waals surface area contributed by atoms with Gasteiger partial charge in [-0.05, 0) is 26.7 Å². The molecule has 1 saturated carbocycles. The van der Waals surface area contributed by atoms with Gasteiger partial charge in [-0.1, -0.05) is 0 Å². The van der Waals surface area contributed by atoms with Crippen LogP contribution in [0, 0.1) is 0 Å². The van der Waals surface area contributed by atoms with Gasteiger partial charge in [-0.15, -0.1) is 10.2 Å². The topological polar surface area (TPSA) is 83.4 Å². The highest BCUT2D eigenvalue weighted by Crippen LogP contribution is 2.39. The van der Waals surface area contributed by atoms with Crippen LogP contribution in [0.4, 0.5) is 4.79 Å². The molecule has 1 aliphatic carbocycles. The van der Waals surface area contributed by atoms with E-state index in [4.69, 9.17) is 0 Å². The van der Waals surface area contributed by atoms with E-state index in [2.05, 4.69) is 25.0 Å². The minimum Gasteiger partial charge on any atom is -0.324 e. The van der Waals surface area contributed by atoms with Crippen LogP contribution >= 0.6 is 0 Å². The van der Waals surface area contributed by atoms with Gasteiger partial charge in [0.25, 0.3) is 5.91 Å². The van der Waals surface area contributed by atoms with Gasteiger partial charge in [-0.2, -0.15) is 0 Å². The molecule has 2 fully saturated rings. The van der Waals surface area contributed by atoms with E-state index in [1.165, 1.54) is 17.7 Å². The van der Waals surface area contributed by atoms with Crippen LogP contribution in [0.1, 0.15) is 44.3 Å². The van der Waals surface area contributed by atoms with Crippen molar-refractivity contribution in [2.75, 3.05) is 19.6 Å². The first kappa shape index (κ1) is 14.6. The molecule has 1 N–H and O–H groups in total. The first-order chi connectivity index (χ1) is 11.0. The second kappa shape index (κ2) is 5.02. The zero-order valence-corrected chi connectivity index (χ0v) is 13.6. The van der Waals surface area contributed by atoms with Gasteiger partial charge in [0.05, 0.1) is 6.54 Å². The Hall–Kier alpha value is -1.96. The van der Waals surface area contributed by atoms with Crippen LogP contribution in [0.25, 0.3) is 0 Å². The summed E-state index contributed by atoms with van der Waals surface area (Å²) in [6, 6.07) is -0.295. The predicted octanol–water partition coefficient (Wildman–Crippen LogP) is 0.301. The molecule has 3 amide bonds. The van der Waals surface area contributed by atoms with Gasteiger partial charge in [0.15, 0.2) is 0 Å².